The third-order valence-electron chi connectivity index (χ3n) is 4.18. The molecule has 1 amide bonds. The fourth-order valence-electron chi connectivity index (χ4n) is 2.78. The van der Waals surface area contributed by atoms with E-state index in [9.17, 15) is 4.79 Å². The van der Waals surface area contributed by atoms with Crippen molar-refractivity contribution in [2.75, 3.05) is 32.6 Å². The lowest BCUT2D eigenvalue weighted by atomic mass is 9.94. The summed E-state index contributed by atoms with van der Waals surface area (Å²) in [5.74, 6) is 0.105. The van der Waals surface area contributed by atoms with Crippen LogP contribution in [0.3, 0.4) is 0 Å². The predicted molar refractivity (Wildman–Crippen MR) is 81.3 cm³/mol. The number of ether oxygens (including phenoxy) is 1. The molecule has 1 aliphatic rings. The molecular weight excluding hydrogens is 252 g/mol. The number of hydrogen-bond donors (Lipinski definition) is 1. The molecule has 0 saturated carbocycles. The van der Waals surface area contributed by atoms with Gasteiger partial charge in [0.2, 0.25) is 0 Å². The SMILES string of the molecule is CNc1ccc(C(=O)N2CCCC(C)(OC)C2)c(C)c1. The Balaban J connectivity index is 2.19. The molecular formula is C16H24N2O2. The van der Waals surface area contributed by atoms with Crippen molar-refractivity contribution in [1.29, 1.82) is 0 Å². The number of nitrogens with zero attached hydrogens (tertiary/aromatic N) is 1. The number of carbonyl (C=O) groups is 1. The van der Waals surface area contributed by atoms with Gasteiger partial charge in [0, 0.05) is 38.5 Å². The van der Waals surface area contributed by atoms with Crippen molar-refractivity contribution in [3.05, 3.63) is 29.3 Å². The molecule has 1 heterocycles. The summed E-state index contributed by atoms with van der Waals surface area (Å²) in [5.41, 5.74) is 2.60. The highest BCUT2D eigenvalue weighted by molar-refractivity contribution is 5.96. The van der Waals surface area contributed by atoms with Crippen LogP contribution in [0.5, 0.6) is 0 Å². The van der Waals surface area contributed by atoms with E-state index < -0.39 is 0 Å². The summed E-state index contributed by atoms with van der Waals surface area (Å²) in [5, 5.41) is 3.09. The van der Waals surface area contributed by atoms with Crippen LogP contribution in [-0.4, -0.2) is 43.7 Å². The molecule has 0 radical (unpaired) electrons. The number of rotatable bonds is 3. The number of piperidine rings is 1. The highest BCUT2D eigenvalue weighted by Crippen LogP contribution is 2.26. The Morgan fingerprint density at radius 1 is 1.45 bits per heavy atom. The summed E-state index contributed by atoms with van der Waals surface area (Å²) in [6.07, 6.45) is 1.99. The molecule has 1 unspecified atom stereocenters. The number of hydrogen-bond acceptors (Lipinski definition) is 3. The van der Waals surface area contributed by atoms with E-state index >= 15 is 0 Å². The monoisotopic (exact) mass is 276 g/mol. The van der Waals surface area contributed by atoms with E-state index in [1.165, 1.54) is 0 Å². The standard InChI is InChI=1S/C16H24N2O2/c1-12-10-13(17-3)6-7-14(12)15(19)18-9-5-8-16(2,11-18)20-4/h6-7,10,17H,5,8-9,11H2,1-4H3. The second-order valence-corrected chi connectivity index (χ2v) is 5.76. The fourth-order valence-corrected chi connectivity index (χ4v) is 2.78. The van der Waals surface area contributed by atoms with Gasteiger partial charge >= 0.3 is 0 Å². The fraction of sp³-hybridized carbons (Fsp3) is 0.562. The highest BCUT2D eigenvalue weighted by Gasteiger charge is 2.33. The van der Waals surface area contributed by atoms with Gasteiger partial charge in [-0.3, -0.25) is 4.79 Å². The van der Waals surface area contributed by atoms with Gasteiger partial charge < -0.3 is 15.0 Å². The molecule has 1 aromatic rings. The van der Waals surface area contributed by atoms with E-state index in [0.29, 0.717) is 6.54 Å². The lowest BCUT2D eigenvalue weighted by Gasteiger charge is -2.39. The molecule has 1 aromatic carbocycles. The maximum absolute atomic E-state index is 12.7. The van der Waals surface area contributed by atoms with E-state index in [4.69, 9.17) is 4.74 Å². The molecule has 1 N–H and O–H groups in total. The first kappa shape index (κ1) is 14.9. The minimum Gasteiger partial charge on any atom is -0.388 e. The van der Waals surface area contributed by atoms with Crippen molar-refractivity contribution in [3.8, 4) is 0 Å². The largest absolute Gasteiger partial charge is 0.388 e. The van der Waals surface area contributed by atoms with Crippen molar-refractivity contribution in [3.63, 3.8) is 0 Å². The van der Waals surface area contributed by atoms with Gasteiger partial charge in [-0.25, -0.2) is 0 Å². The van der Waals surface area contributed by atoms with Gasteiger partial charge in [-0.15, -0.1) is 0 Å². The van der Waals surface area contributed by atoms with Crippen molar-refractivity contribution < 1.29 is 9.53 Å². The predicted octanol–water partition coefficient (Wildman–Crippen LogP) is 2.68. The Hall–Kier alpha value is -1.55. The lowest BCUT2D eigenvalue weighted by Crippen LogP contribution is -2.49. The van der Waals surface area contributed by atoms with Crippen molar-refractivity contribution in [1.82, 2.24) is 4.90 Å². The molecule has 1 aliphatic heterocycles. The third-order valence-corrected chi connectivity index (χ3v) is 4.18. The molecule has 0 spiro atoms. The van der Waals surface area contributed by atoms with Crippen LogP contribution in [0.25, 0.3) is 0 Å². The van der Waals surface area contributed by atoms with Crippen LogP contribution in [0.15, 0.2) is 18.2 Å². The molecule has 2 rings (SSSR count). The summed E-state index contributed by atoms with van der Waals surface area (Å²) in [6.45, 7) is 5.53. The van der Waals surface area contributed by atoms with Crippen LogP contribution < -0.4 is 5.32 Å². The maximum Gasteiger partial charge on any atom is 0.254 e. The topological polar surface area (TPSA) is 41.6 Å². The number of carbonyl (C=O) groups excluding carboxylic acids is 1. The van der Waals surface area contributed by atoms with Crippen LogP contribution in [0.1, 0.15) is 35.7 Å². The summed E-state index contributed by atoms with van der Waals surface area (Å²) in [7, 11) is 3.60. The first-order chi connectivity index (χ1) is 9.49. The Morgan fingerprint density at radius 2 is 2.20 bits per heavy atom. The second kappa shape index (κ2) is 5.83. The number of likely N-dealkylation sites (tertiary alicyclic amines) is 1. The lowest BCUT2D eigenvalue weighted by molar-refractivity contribution is -0.0440. The Labute approximate surface area is 121 Å². The molecule has 4 nitrogen and oxygen atoms in total. The number of methoxy groups -OCH3 is 1. The smallest absolute Gasteiger partial charge is 0.254 e. The number of nitrogens with one attached hydrogen (secondary N) is 1. The number of aryl methyl sites for hydroxylation is 1. The molecule has 0 aliphatic carbocycles. The first-order valence-corrected chi connectivity index (χ1v) is 7.12. The second-order valence-electron chi connectivity index (χ2n) is 5.76. The normalized spacial score (nSPS) is 22.7. The minimum absolute atomic E-state index is 0.105. The van der Waals surface area contributed by atoms with Crippen molar-refractivity contribution >= 4 is 11.6 Å². The summed E-state index contributed by atoms with van der Waals surface area (Å²) in [4.78, 5) is 14.6. The van der Waals surface area contributed by atoms with E-state index in [2.05, 4.69) is 12.2 Å². The average Bonchev–Trinajstić information content (AvgIpc) is 2.46. The van der Waals surface area contributed by atoms with Gasteiger partial charge in [-0.2, -0.15) is 0 Å². The van der Waals surface area contributed by atoms with Gasteiger partial charge in [-0.1, -0.05) is 0 Å². The highest BCUT2D eigenvalue weighted by atomic mass is 16.5. The van der Waals surface area contributed by atoms with Crippen LogP contribution in [0.4, 0.5) is 5.69 Å². The zero-order valence-corrected chi connectivity index (χ0v) is 12.8. The first-order valence-electron chi connectivity index (χ1n) is 7.12. The zero-order valence-electron chi connectivity index (χ0n) is 12.8. The number of anilines is 1. The van der Waals surface area contributed by atoms with Crippen LogP contribution >= 0.6 is 0 Å². The number of benzene rings is 1. The molecule has 4 heteroatoms. The number of amides is 1. The van der Waals surface area contributed by atoms with E-state index in [1.807, 2.05) is 37.1 Å². The Bertz CT molecular complexity index is 501. The van der Waals surface area contributed by atoms with Crippen LogP contribution in [0, 0.1) is 6.92 Å². The third kappa shape index (κ3) is 2.96. The quantitative estimate of drug-likeness (QED) is 0.923. The zero-order chi connectivity index (χ0) is 14.8. The summed E-state index contributed by atoms with van der Waals surface area (Å²) < 4.78 is 5.56. The van der Waals surface area contributed by atoms with Crippen molar-refractivity contribution in [2.24, 2.45) is 0 Å². The molecule has 1 atom stereocenters. The molecule has 1 saturated heterocycles. The van der Waals surface area contributed by atoms with Gasteiger partial charge in [0.15, 0.2) is 0 Å². The van der Waals surface area contributed by atoms with Gasteiger partial charge in [0.1, 0.15) is 0 Å². The molecule has 1 fully saturated rings. The van der Waals surface area contributed by atoms with Gasteiger partial charge in [-0.05, 0) is 50.5 Å². The molecule has 110 valence electrons. The summed E-state index contributed by atoms with van der Waals surface area (Å²) >= 11 is 0. The molecule has 20 heavy (non-hydrogen) atoms. The van der Waals surface area contributed by atoms with Gasteiger partial charge in [0.05, 0.1) is 5.60 Å². The van der Waals surface area contributed by atoms with Crippen LogP contribution in [0.2, 0.25) is 0 Å². The van der Waals surface area contributed by atoms with E-state index in [-0.39, 0.29) is 11.5 Å². The Kier molecular flexibility index (Phi) is 4.33. The average molecular weight is 276 g/mol. The molecule has 0 aromatic heterocycles. The summed E-state index contributed by atoms with van der Waals surface area (Å²) in [6, 6.07) is 5.86. The van der Waals surface area contributed by atoms with Gasteiger partial charge in [0.25, 0.3) is 5.91 Å². The van der Waals surface area contributed by atoms with Crippen molar-refractivity contribution in [2.45, 2.75) is 32.3 Å². The molecule has 0 bridgehead atoms. The van der Waals surface area contributed by atoms with E-state index in [0.717, 1.165) is 36.2 Å². The van der Waals surface area contributed by atoms with E-state index in [1.54, 1.807) is 7.11 Å². The maximum atomic E-state index is 12.7. The van der Waals surface area contributed by atoms with Crippen LogP contribution in [-0.2, 0) is 4.74 Å². The minimum atomic E-state index is -0.216. The Morgan fingerprint density at radius 3 is 2.80 bits per heavy atom.